The van der Waals surface area contributed by atoms with Gasteiger partial charge in [-0.25, -0.2) is 0 Å². The predicted octanol–water partition coefficient (Wildman–Crippen LogP) is 0.921. The first-order chi connectivity index (χ1) is 5.43. The number of carbonyl (C=O) groups is 1. The summed E-state index contributed by atoms with van der Waals surface area (Å²) in [5, 5.41) is 8.80. The Morgan fingerprint density at radius 2 is 2.33 bits per heavy atom. The van der Waals surface area contributed by atoms with E-state index in [-0.39, 0.29) is 0 Å². The number of carboxylic acid groups (broad SMARTS) is 1. The molecule has 12 heavy (non-hydrogen) atoms. The van der Waals surface area contributed by atoms with Gasteiger partial charge in [0.2, 0.25) is 0 Å². The fourth-order valence-corrected chi connectivity index (χ4v) is 1.43. The minimum Gasteiger partial charge on any atom is -0.481 e. The highest BCUT2D eigenvalue weighted by Crippen LogP contribution is 2.24. The molecule has 0 fully saturated rings. The molecule has 2 unspecified atom stereocenters. The second-order valence-electron chi connectivity index (χ2n) is 3.43. The zero-order valence-corrected chi connectivity index (χ0v) is 7.24. The van der Waals surface area contributed by atoms with E-state index in [1.165, 1.54) is 0 Å². The van der Waals surface area contributed by atoms with Crippen molar-refractivity contribution in [1.82, 2.24) is 0 Å². The van der Waals surface area contributed by atoms with E-state index in [0.717, 1.165) is 5.57 Å². The lowest BCUT2D eigenvalue weighted by Crippen LogP contribution is -2.46. The second kappa shape index (κ2) is 2.75. The fourth-order valence-electron chi connectivity index (χ4n) is 1.43. The third-order valence-corrected chi connectivity index (χ3v) is 2.03. The van der Waals surface area contributed by atoms with Gasteiger partial charge in [0.05, 0.1) is 5.92 Å². The van der Waals surface area contributed by atoms with Crippen LogP contribution >= 0.6 is 0 Å². The molecule has 3 nitrogen and oxygen atoms in total. The van der Waals surface area contributed by atoms with Crippen LogP contribution in [-0.2, 0) is 4.79 Å². The highest BCUT2D eigenvalue weighted by Gasteiger charge is 2.33. The SMILES string of the molecule is CC1=CC(C)(N)C(C(=O)O)C=C1. The molecule has 0 aliphatic heterocycles. The number of nitrogens with two attached hydrogens (primary N) is 1. The van der Waals surface area contributed by atoms with Crippen molar-refractivity contribution >= 4 is 5.97 Å². The van der Waals surface area contributed by atoms with Crippen molar-refractivity contribution in [1.29, 1.82) is 0 Å². The Hall–Kier alpha value is -1.09. The second-order valence-corrected chi connectivity index (χ2v) is 3.43. The summed E-state index contributed by atoms with van der Waals surface area (Å²) >= 11 is 0. The summed E-state index contributed by atoms with van der Waals surface area (Å²) in [7, 11) is 0. The van der Waals surface area contributed by atoms with Crippen LogP contribution in [0, 0.1) is 5.92 Å². The smallest absolute Gasteiger partial charge is 0.312 e. The molecule has 0 aromatic rings. The molecule has 0 heterocycles. The van der Waals surface area contributed by atoms with Crippen molar-refractivity contribution in [3.8, 4) is 0 Å². The quantitative estimate of drug-likeness (QED) is 0.610. The molecular formula is C9H13NO2. The first kappa shape index (κ1) is 9.00. The van der Waals surface area contributed by atoms with Crippen LogP contribution in [0.25, 0.3) is 0 Å². The summed E-state index contributed by atoms with van der Waals surface area (Å²) in [5.41, 5.74) is 6.06. The van der Waals surface area contributed by atoms with E-state index in [2.05, 4.69) is 0 Å². The largest absolute Gasteiger partial charge is 0.481 e. The molecule has 0 radical (unpaired) electrons. The Morgan fingerprint density at radius 3 is 2.75 bits per heavy atom. The molecule has 0 aromatic heterocycles. The molecule has 0 aromatic carbocycles. The number of allylic oxidation sites excluding steroid dienone is 2. The molecule has 3 N–H and O–H groups in total. The standard InChI is InChI=1S/C9H13NO2/c1-6-3-4-7(8(11)12)9(2,10)5-6/h3-5,7H,10H2,1-2H3,(H,11,12). The van der Waals surface area contributed by atoms with Gasteiger partial charge in [-0.1, -0.05) is 23.8 Å². The van der Waals surface area contributed by atoms with Gasteiger partial charge in [0.25, 0.3) is 0 Å². The minimum atomic E-state index is -0.875. The lowest BCUT2D eigenvalue weighted by molar-refractivity contribution is -0.141. The Morgan fingerprint density at radius 1 is 1.75 bits per heavy atom. The molecule has 66 valence electrons. The monoisotopic (exact) mass is 167 g/mol. The van der Waals surface area contributed by atoms with Crippen LogP contribution in [0.5, 0.6) is 0 Å². The Balaban J connectivity index is 2.96. The van der Waals surface area contributed by atoms with Gasteiger partial charge in [-0.2, -0.15) is 0 Å². The summed E-state index contributed by atoms with van der Waals surface area (Å²) in [6, 6.07) is 0. The normalized spacial score (nSPS) is 34.6. The van der Waals surface area contributed by atoms with Gasteiger partial charge in [0, 0.05) is 5.54 Å². The summed E-state index contributed by atoms with van der Waals surface area (Å²) in [6.07, 6.45) is 5.21. The minimum absolute atomic E-state index is 0.610. The van der Waals surface area contributed by atoms with Crippen LogP contribution in [0.4, 0.5) is 0 Å². The van der Waals surface area contributed by atoms with E-state index < -0.39 is 17.4 Å². The van der Waals surface area contributed by atoms with Gasteiger partial charge in [-0.05, 0) is 13.8 Å². The van der Waals surface area contributed by atoms with Gasteiger partial charge in [0.1, 0.15) is 0 Å². The number of rotatable bonds is 1. The van der Waals surface area contributed by atoms with E-state index in [1.807, 2.05) is 6.92 Å². The Kier molecular flexibility index (Phi) is 2.06. The first-order valence-electron chi connectivity index (χ1n) is 3.83. The third-order valence-electron chi connectivity index (χ3n) is 2.03. The Bertz CT molecular complexity index is 264. The molecule has 0 spiro atoms. The number of hydrogen-bond donors (Lipinski definition) is 2. The zero-order chi connectivity index (χ0) is 9.35. The number of carboxylic acids is 1. The van der Waals surface area contributed by atoms with Crippen LogP contribution in [0.3, 0.4) is 0 Å². The van der Waals surface area contributed by atoms with Gasteiger partial charge >= 0.3 is 5.97 Å². The summed E-state index contributed by atoms with van der Waals surface area (Å²) in [4.78, 5) is 10.7. The molecule has 0 amide bonds. The first-order valence-corrected chi connectivity index (χ1v) is 3.83. The highest BCUT2D eigenvalue weighted by molar-refractivity contribution is 5.75. The lowest BCUT2D eigenvalue weighted by atomic mass is 9.81. The predicted molar refractivity (Wildman–Crippen MR) is 46.6 cm³/mol. The number of aliphatic carboxylic acids is 1. The molecule has 1 rings (SSSR count). The van der Waals surface area contributed by atoms with Gasteiger partial charge in [0.15, 0.2) is 0 Å². The van der Waals surface area contributed by atoms with Crippen molar-refractivity contribution in [2.24, 2.45) is 11.7 Å². The van der Waals surface area contributed by atoms with Crippen LogP contribution in [0.1, 0.15) is 13.8 Å². The van der Waals surface area contributed by atoms with Crippen molar-refractivity contribution in [3.05, 3.63) is 23.8 Å². The average Bonchev–Trinajstić information content (AvgIpc) is 1.82. The van der Waals surface area contributed by atoms with Gasteiger partial charge < -0.3 is 10.8 Å². The molecular weight excluding hydrogens is 154 g/mol. The van der Waals surface area contributed by atoms with Crippen molar-refractivity contribution < 1.29 is 9.90 Å². The molecule has 0 saturated carbocycles. The molecule has 1 aliphatic carbocycles. The molecule has 1 aliphatic rings. The summed E-state index contributed by atoms with van der Waals surface area (Å²) in [5.74, 6) is -1.49. The van der Waals surface area contributed by atoms with Crippen molar-refractivity contribution in [3.63, 3.8) is 0 Å². The maximum absolute atomic E-state index is 10.7. The maximum Gasteiger partial charge on any atom is 0.312 e. The van der Waals surface area contributed by atoms with Crippen LogP contribution < -0.4 is 5.73 Å². The topological polar surface area (TPSA) is 63.3 Å². The van der Waals surface area contributed by atoms with Crippen LogP contribution in [0.2, 0.25) is 0 Å². The van der Waals surface area contributed by atoms with Crippen LogP contribution in [0.15, 0.2) is 23.8 Å². The maximum atomic E-state index is 10.7. The lowest BCUT2D eigenvalue weighted by Gasteiger charge is -2.29. The van der Waals surface area contributed by atoms with E-state index in [1.54, 1.807) is 25.2 Å². The highest BCUT2D eigenvalue weighted by atomic mass is 16.4. The third kappa shape index (κ3) is 1.56. The van der Waals surface area contributed by atoms with Crippen LogP contribution in [-0.4, -0.2) is 16.6 Å². The fraction of sp³-hybridized carbons (Fsp3) is 0.444. The number of hydrogen-bond acceptors (Lipinski definition) is 2. The van der Waals surface area contributed by atoms with E-state index in [0.29, 0.717) is 0 Å². The zero-order valence-electron chi connectivity index (χ0n) is 7.24. The molecule has 0 saturated heterocycles. The molecule has 2 atom stereocenters. The van der Waals surface area contributed by atoms with E-state index in [9.17, 15) is 4.79 Å². The van der Waals surface area contributed by atoms with E-state index >= 15 is 0 Å². The van der Waals surface area contributed by atoms with Gasteiger partial charge in [-0.3, -0.25) is 4.79 Å². The van der Waals surface area contributed by atoms with Crippen molar-refractivity contribution in [2.45, 2.75) is 19.4 Å². The summed E-state index contributed by atoms with van der Waals surface area (Å²) < 4.78 is 0. The molecule has 0 bridgehead atoms. The summed E-state index contributed by atoms with van der Waals surface area (Å²) in [6.45, 7) is 3.62. The van der Waals surface area contributed by atoms with E-state index in [4.69, 9.17) is 10.8 Å². The average molecular weight is 167 g/mol. The Labute approximate surface area is 71.6 Å². The molecule has 3 heteroatoms. The van der Waals surface area contributed by atoms with Gasteiger partial charge in [-0.15, -0.1) is 0 Å². The van der Waals surface area contributed by atoms with Crippen molar-refractivity contribution in [2.75, 3.05) is 0 Å².